The summed E-state index contributed by atoms with van der Waals surface area (Å²) in [7, 11) is 0. The summed E-state index contributed by atoms with van der Waals surface area (Å²) in [5.41, 5.74) is -4.16. The Morgan fingerprint density at radius 1 is 1.02 bits per heavy atom. The van der Waals surface area contributed by atoms with Crippen molar-refractivity contribution in [2.24, 2.45) is 35.5 Å². The number of epoxide rings is 1. The minimum atomic E-state index is -2.00. The number of rotatable bonds is 4. The van der Waals surface area contributed by atoms with Gasteiger partial charge in [0.2, 0.25) is 0 Å². The Balaban J connectivity index is 1.36. The summed E-state index contributed by atoms with van der Waals surface area (Å²) in [5.74, 6) is -3.61. The number of aliphatic hydroxyl groups excluding tert-OH is 2. The molecule has 8 rings (SSSR count). The number of esters is 1. The van der Waals surface area contributed by atoms with Crippen LogP contribution >= 0.6 is 0 Å². The predicted octanol–water partition coefficient (Wildman–Crippen LogP) is 4.52. The van der Waals surface area contributed by atoms with Gasteiger partial charge in [0, 0.05) is 18.3 Å². The first-order chi connectivity index (χ1) is 21.9. The summed E-state index contributed by atoms with van der Waals surface area (Å²) in [4.78, 5) is 13.7. The largest absolute Gasteiger partial charge is 0.455 e. The molecule has 0 radical (unpaired) electrons. The molecule has 15 atom stereocenters. The average molecular weight is 639 g/mol. The van der Waals surface area contributed by atoms with Gasteiger partial charge >= 0.3 is 5.97 Å². The van der Waals surface area contributed by atoms with Crippen molar-refractivity contribution in [3.05, 3.63) is 48.0 Å². The summed E-state index contributed by atoms with van der Waals surface area (Å²) in [6.45, 7) is 12.3. The second-order valence-electron chi connectivity index (χ2n) is 15.9. The summed E-state index contributed by atoms with van der Waals surface area (Å²) >= 11 is 0. The van der Waals surface area contributed by atoms with Gasteiger partial charge in [-0.05, 0) is 61.1 Å². The summed E-state index contributed by atoms with van der Waals surface area (Å²) in [6.07, 6.45) is 3.37. The summed E-state index contributed by atoms with van der Waals surface area (Å²) in [5, 5.41) is 37.0. The predicted molar refractivity (Wildman–Crippen MR) is 166 cm³/mol. The maximum Gasteiger partial charge on any atom is 0.338 e. The molecule has 1 unspecified atom stereocenters. The van der Waals surface area contributed by atoms with E-state index in [2.05, 4.69) is 20.4 Å². The van der Waals surface area contributed by atoms with Gasteiger partial charge in [0.15, 0.2) is 0 Å². The normalized spacial score (nSPS) is 53.6. The first-order valence-corrected chi connectivity index (χ1v) is 17.6. The van der Waals surface area contributed by atoms with Crippen LogP contribution in [0.3, 0.4) is 0 Å². The monoisotopic (exact) mass is 638 g/mol. The van der Waals surface area contributed by atoms with Gasteiger partial charge in [-0.15, -0.1) is 0 Å². The molecule has 2 spiro atoms. The minimum Gasteiger partial charge on any atom is -0.455 e. The molecule has 9 nitrogen and oxygen atoms in total. The number of carbonyl (C=O) groups is 1. The highest BCUT2D eigenvalue weighted by Gasteiger charge is 2.90. The van der Waals surface area contributed by atoms with E-state index in [0.29, 0.717) is 18.4 Å². The standard InChI is InChI=1S/C37H50O9/c1-20(2)33-18-22(4)37-26-29(33)44-35(45-33,46-37)17-13-8-6-7-10-14-21(3)25-23(5)28(42-31(39)24-15-11-9-12-16-24)36(41,27(25)37)32(40)34(19-38)30(26)43-34/h9,11-12,15-16,21-23,25-30,32,38,40-41H,1,6-8,10,13-14,17-19H2,2-5H3/t21-,22+,23-,25-,26+,27+,28-,29+,30-,32+,33-,34-,35?,36+,37+/m0/s1. The molecular weight excluding hydrogens is 588 g/mol. The Bertz CT molecular complexity index is 1400. The molecule has 1 aromatic rings. The van der Waals surface area contributed by atoms with Crippen LogP contribution in [-0.2, 0) is 23.7 Å². The molecule has 7 fully saturated rings. The highest BCUT2D eigenvalue weighted by Crippen LogP contribution is 2.75. The van der Waals surface area contributed by atoms with Gasteiger partial charge in [-0.25, -0.2) is 4.79 Å². The van der Waals surface area contributed by atoms with E-state index in [1.54, 1.807) is 24.3 Å². The van der Waals surface area contributed by atoms with Gasteiger partial charge < -0.3 is 39.0 Å². The number of hydrogen-bond acceptors (Lipinski definition) is 9. The van der Waals surface area contributed by atoms with Crippen LogP contribution in [0.5, 0.6) is 0 Å². The maximum atomic E-state index is 13.7. The van der Waals surface area contributed by atoms with Crippen LogP contribution in [0.2, 0.25) is 0 Å². The van der Waals surface area contributed by atoms with Crippen LogP contribution in [0.1, 0.15) is 89.4 Å². The van der Waals surface area contributed by atoms with E-state index in [4.69, 9.17) is 23.7 Å². The van der Waals surface area contributed by atoms with Gasteiger partial charge in [0.05, 0.1) is 17.8 Å². The Morgan fingerprint density at radius 3 is 2.46 bits per heavy atom. The molecule has 3 aliphatic carbocycles. The number of carbonyl (C=O) groups excluding carboxylic acids is 1. The first-order valence-electron chi connectivity index (χ1n) is 17.6. The van der Waals surface area contributed by atoms with E-state index in [-0.39, 0.29) is 23.7 Å². The van der Waals surface area contributed by atoms with Crippen LogP contribution in [0, 0.1) is 35.5 Å². The van der Waals surface area contributed by atoms with E-state index < -0.39 is 77.2 Å². The lowest BCUT2D eigenvalue weighted by Gasteiger charge is -2.61. The third kappa shape index (κ3) is 3.79. The summed E-state index contributed by atoms with van der Waals surface area (Å²) in [6, 6.07) is 8.76. The van der Waals surface area contributed by atoms with E-state index in [9.17, 15) is 20.1 Å². The fourth-order valence-electron chi connectivity index (χ4n) is 11.6. The zero-order valence-electron chi connectivity index (χ0n) is 27.5. The lowest BCUT2D eigenvalue weighted by atomic mass is 9.52. The molecule has 4 heterocycles. The molecule has 1 aromatic carbocycles. The number of fused-ring (bicyclic) bond motifs is 1. The zero-order chi connectivity index (χ0) is 32.4. The van der Waals surface area contributed by atoms with Crippen molar-refractivity contribution in [2.45, 2.75) is 132 Å². The van der Waals surface area contributed by atoms with Crippen molar-refractivity contribution < 1.29 is 43.8 Å². The second kappa shape index (κ2) is 10.3. The maximum absolute atomic E-state index is 13.7. The van der Waals surface area contributed by atoms with E-state index in [0.717, 1.165) is 44.1 Å². The van der Waals surface area contributed by atoms with Crippen LogP contribution in [0.4, 0.5) is 0 Å². The van der Waals surface area contributed by atoms with Crippen molar-refractivity contribution in [3.8, 4) is 0 Å². The van der Waals surface area contributed by atoms with Gasteiger partial charge in [-0.3, -0.25) is 0 Å². The van der Waals surface area contributed by atoms with Crippen LogP contribution in [0.15, 0.2) is 42.5 Å². The van der Waals surface area contributed by atoms with Gasteiger partial charge in [-0.1, -0.05) is 77.7 Å². The smallest absolute Gasteiger partial charge is 0.338 e. The van der Waals surface area contributed by atoms with Crippen molar-refractivity contribution in [1.29, 1.82) is 0 Å². The third-order valence-corrected chi connectivity index (χ3v) is 13.6. The van der Waals surface area contributed by atoms with E-state index in [1.165, 1.54) is 0 Å². The fourth-order valence-corrected chi connectivity index (χ4v) is 11.6. The van der Waals surface area contributed by atoms with Crippen molar-refractivity contribution >= 4 is 5.97 Å². The number of aliphatic hydroxyl groups is 3. The molecule has 252 valence electrons. The van der Waals surface area contributed by atoms with Crippen LogP contribution < -0.4 is 0 Å². The Morgan fingerprint density at radius 2 is 1.74 bits per heavy atom. The number of hydrogen-bond donors (Lipinski definition) is 3. The SMILES string of the molecule is C=C(C)[C@@]12C[C@@H](C)[C@@]34OC5(CCCCCCC[C@H](C)[C@H]6[C@H](C)[C@H](OC(=O)c7ccccc7)[C@@](O)([C@H](O)[C@@]7(CO)O[C@H]7[C@H]3[C@H]1O5)[C@@H]64)O2. The van der Waals surface area contributed by atoms with Crippen LogP contribution in [-0.4, -0.2) is 80.7 Å². The fraction of sp³-hybridized carbons (Fsp3) is 0.757. The number of ether oxygens (including phenoxy) is 5. The second-order valence-corrected chi connectivity index (χ2v) is 15.9. The van der Waals surface area contributed by atoms with Crippen molar-refractivity contribution in [2.75, 3.05) is 6.61 Å². The quantitative estimate of drug-likeness (QED) is 0.248. The lowest BCUT2D eigenvalue weighted by Crippen LogP contribution is -2.73. The molecule has 46 heavy (non-hydrogen) atoms. The highest BCUT2D eigenvalue weighted by atomic mass is 16.9. The average Bonchev–Trinajstić information content (AvgIpc) is 3.67. The van der Waals surface area contributed by atoms with Crippen LogP contribution in [0.25, 0.3) is 0 Å². The lowest BCUT2D eigenvalue weighted by molar-refractivity contribution is -0.437. The Hall–Kier alpha value is -1.85. The first kappa shape index (κ1) is 31.4. The zero-order valence-corrected chi connectivity index (χ0v) is 27.5. The molecule has 4 saturated heterocycles. The Labute approximate surface area is 271 Å². The van der Waals surface area contributed by atoms with E-state index >= 15 is 0 Å². The molecule has 3 N–H and O–H groups in total. The molecule has 3 bridgehead atoms. The van der Waals surface area contributed by atoms with E-state index in [1.807, 2.05) is 19.9 Å². The topological polar surface area (TPSA) is 127 Å². The van der Waals surface area contributed by atoms with Crippen molar-refractivity contribution in [3.63, 3.8) is 0 Å². The summed E-state index contributed by atoms with van der Waals surface area (Å²) < 4.78 is 34.2. The minimum absolute atomic E-state index is 0.122. The molecule has 0 amide bonds. The highest BCUT2D eigenvalue weighted by molar-refractivity contribution is 5.89. The molecule has 3 saturated carbocycles. The molecule has 4 aliphatic heterocycles. The van der Waals surface area contributed by atoms with Gasteiger partial charge in [0.25, 0.3) is 5.97 Å². The third-order valence-electron chi connectivity index (χ3n) is 13.6. The van der Waals surface area contributed by atoms with Gasteiger partial charge in [0.1, 0.15) is 41.2 Å². The Kier molecular flexibility index (Phi) is 7.06. The van der Waals surface area contributed by atoms with Gasteiger partial charge in [-0.2, -0.15) is 0 Å². The van der Waals surface area contributed by atoms with Crippen molar-refractivity contribution in [1.82, 2.24) is 0 Å². The molecule has 7 aliphatic rings. The molecule has 9 heteroatoms. The molecule has 0 aromatic heterocycles. The number of benzene rings is 1. The molecular formula is C37H50O9.